The molecule has 0 saturated carbocycles. The van der Waals surface area contributed by atoms with Gasteiger partial charge in [-0.2, -0.15) is 5.10 Å². The highest BCUT2D eigenvalue weighted by Gasteiger charge is 2.14. The molecular weight excluding hydrogens is 352 g/mol. The molecule has 8 heteroatoms. The van der Waals surface area contributed by atoms with E-state index in [0.717, 1.165) is 16.8 Å². The Morgan fingerprint density at radius 3 is 2.50 bits per heavy atom. The maximum absolute atomic E-state index is 12.4. The SMILES string of the molecule is CC(=O)c1ccc(S(=O)(=O)NCc2cncc(-c3ccnn3C)c2)cc1. The van der Waals surface area contributed by atoms with Crippen LogP contribution in [0.4, 0.5) is 0 Å². The number of nitrogens with zero attached hydrogens (tertiary/aromatic N) is 3. The van der Waals surface area contributed by atoms with Crippen molar-refractivity contribution in [2.45, 2.75) is 18.4 Å². The first-order valence-electron chi connectivity index (χ1n) is 7.90. The molecule has 0 aliphatic carbocycles. The second-order valence-electron chi connectivity index (χ2n) is 5.83. The van der Waals surface area contributed by atoms with Crippen LogP contribution >= 0.6 is 0 Å². The highest BCUT2D eigenvalue weighted by molar-refractivity contribution is 7.89. The smallest absolute Gasteiger partial charge is 0.240 e. The van der Waals surface area contributed by atoms with Gasteiger partial charge in [0.1, 0.15) is 0 Å². The lowest BCUT2D eigenvalue weighted by molar-refractivity contribution is 0.101. The van der Waals surface area contributed by atoms with Gasteiger partial charge in [-0.3, -0.25) is 14.5 Å². The number of Topliss-reactive ketones (excluding diaryl/α,β-unsaturated/α-hetero) is 1. The van der Waals surface area contributed by atoms with Crippen LogP contribution in [0.25, 0.3) is 11.3 Å². The lowest BCUT2D eigenvalue weighted by atomic mass is 10.1. The van der Waals surface area contributed by atoms with Crippen LogP contribution in [0.2, 0.25) is 0 Å². The minimum Gasteiger partial charge on any atom is -0.295 e. The average molecular weight is 370 g/mol. The number of aryl methyl sites for hydroxylation is 1. The molecule has 0 aliphatic rings. The molecule has 0 radical (unpaired) electrons. The average Bonchev–Trinajstić information content (AvgIpc) is 3.06. The Balaban J connectivity index is 1.76. The van der Waals surface area contributed by atoms with Crippen LogP contribution in [0.15, 0.2) is 59.9 Å². The molecule has 26 heavy (non-hydrogen) atoms. The summed E-state index contributed by atoms with van der Waals surface area (Å²) in [7, 11) is -1.85. The molecule has 1 aromatic carbocycles. The molecule has 1 N–H and O–H groups in total. The third kappa shape index (κ3) is 3.87. The Morgan fingerprint density at radius 1 is 1.15 bits per heavy atom. The summed E-state index contributed by atoms with van der Waals surface area (Å²) >= 11 is 0. The van der Waals surface area contributed by atoms with Crippen LogP contribution in [0, 0.1) is 0 Å². The predicted molar refractivity (Wildman–Crippen MR) is 96.9 cm³/mol. The maximum Gasteiger partial charge on any atom is 0.240 e. The minimum absolute atomic E-state index is 0.107. The van der Waals surface area contributed by atoms with Crippen LogP contribution in [0.5, 0.6) is 0 Å². The molecule has 0 aliphatic heterocycles. The Hall–Kier alpha value is -2.84. The van der Waals surface area contributed by atoms with Crippen LogP contribution < -0.4 is 4.72 Å². The normalized spacial score (nSPS) is 11.5. The van der Waals surface area contributed by atoms with Gasteiger partial charge >= 0.3 is 0 Å². The first kappa shape index (κ1) is 18.0. The molecule has 0 spiro atoms. The van der Waals surface area contributed by atoms with Crippen LogP contribution in [0.1, 0.15) is 22.8 Å². The summed E-state index contributed by atoms with van der Waals surface area (Å²) in [6, 6.07) is 9.57. The molecule has 7 nitrogen and oxygen atoms in total. The van der Waals surface area contributed by atoms with E-state index in [9.17, 15) is 13.2 Å². The zero-order chi connectivity index (χ0) is 18.7. The van der Waals surface area contributed by atoms with Crippen molar-refractivity contribution in [1.29, 1.82) is 0 Å². The van der Waals surface area contributed by atoms with E-state index in [1.165, 1.54) is 31.2 Å². The van der Waals surface area contributed by atoms with Crippen molar-refractivity contribution < 1.29 is 13.2 Å². The number of hydrogen-bond acceptors (Lipinski definition) is 5. The lowest BCUT2D eigenvalue weighted by Gasteiger charge is -2.08. The summed E-state index contributed by atoms with van der Waals surface area (Å²) in [4.78, 5) is 15.6. The number of hydrogen-bond donors (Lipinski definition) is 1. The van der Waals surface area contributed by atoms with Gasteiger partial charge in [-0.1, -0.05) is 12.1 Å². The summed E-state index contributed by atoms with van der Waals surface area (Å²) in [5.41, 5.74) is 2.94. The summed E-state index contributed by atoms with van der Waals surface area (Å²) in [6.07, 6.45) is 5.01. The van der Waals surface area contributed by atoms with Crippen molar-refractivity contribution in [2.75, 3.05) is 0 Å². The molecule has 0 unspecified atom stereocenters. The Kier molecular flexibility index (Phi) is 4.97. The van der Waals surface area contributed by atoms with E-state index in [2.05, 4.69) is 14.8 Å². The highest BCUT2D eigenvalue weighted by atomic mass is 32.2. The number of rotatable bonds is 6. The number of sulfonamides is 1. The van der Waals surface area contributed by atoms with E-state index < -0.39 is 10.0 Å². The predicted octanol–water partition coefficient (Wildman–Crippen LogP) is 2.16. The van der Waals surface area contributed by atoms with Crippen molar-refractivity contribution in [2.24, 2.45) is 7.05 Å². The summed E-state index contributed by atoms with van der Waals surface area (Å²) in [5, 5.41) is 4.12. The fraction of sp³-hybridized carbons (Fsp3) is 0.167. The van der Waals surface area contributed by atoms with Gasteiger partial charge in [0.25, 0.3) is 0 Å². The zero-order valence-electron chi connectivity index (χ0n) is 14.4. The van der Waals surface area contributed by atoms with Crippen molar-refractivity contribution in [3.63, 3.8) is 0 Å². The van der Waals surface area contributed by atoms with Crippen molar-refractivity contribution >= 4 is 15.8 Å². The third-order valence-corrected chi connectivity index (χ3v) is 5.37. The number of carbonyl (C=O) groups excluding carboxylic acids is 1. The molecule has 0 atom stereocenters. The monoisotopic (exact) mass is 370 g/mol. The molecule has 0 saturated heterocycles. The second-order valence-corrected chi connectivity index (χ2v) is 7.59. The van der Waals surface area contributed by atoms with E-state index in [1.807, 2.05) is 19.2 Å². The lowest BCUT2D eigenvalue weighted by Crippen LogP contribution is -2.23. The molecule has 2 heterocycles. The number of benzene rings is 1. The Labute approximate surface area is 151 Å². The van der Waals surface area contributed by atoms with Gasteiger partial charge in [-0.25, -0.2) is 13.1 Å². The van der Waals surface area contributed by atoms with Gasteiger partial charge < -0.3 is 0 Å². The van der Waals surface area contributed by atoms with Crippen molar-refractivity contribution in [3.8, 4) is 11.3 Å². The topological polar surface area (TPSA) is 93.9 Å². The standard InChI is InChI=1S/C18H18N4O3S/c1-13(23)15-3-5-17(6-4-15)26(24,25)21-11-14-9-16(12-19-10-14)18-7-8-20-22(18)2/h3-10,12,21H,11H2,1-2H3. The first-order chi connectivity index (χ1) is 12.4. The highest BCUT2D eigenvalue weighted by Crippen LogP contribution is 2.18. The number of pyridine rings is 1. The fourth-order valence-corrected chi connectivity index (χ4v) is 3.53. The molecule has 3 aromatic rings. The largest absolute Gasteiger partial charge is 0.295 e. The minimum atomic E-state index is -3.68. The Morgan fingerprint density at radius 2 is 1.88 bits per heavy atom. The van der Waals surface area contributed by atoms with Gasteiger partial charge in [-0.15, -0.1) is 0 Å². The maximum atomic E-state index is 12.4. The van der Waals surface area contributed by atoms with Gasteiger partial charge in [0.2, 0.25) is 10.0 Å². The molecule has 2 aromatic heterocycles. The number of carbonyl (C=O) groups is 1. The Bertz CT molecular complexity index is 1040. The third-order valence-electron chi connectivity index (χ3n) is 3.95. The van der Waals surface area contributed by atoms with Crippen LogP contribution in [-0.4, -0.2) is 29.0 Å². The van der Waals surface area contributed by atoms with Crippen molar-refractivity contribution in [3.05, 3.63) is 66.1 Å². The number of aromatic nitrogens is 3. The summed E-state index contributed by atoms with van der Waals surface area (Å²) in [5.74, 6) is -0.111. The second kappa shape index (κ2) is 7.19. The summed E-state index contributed by atoms with van der Waals surface area (Å²) < 4.78 is 29.1. The van der Waals surface area contributed by atoms with Gasteiger partial charge in [0, 0.05) is 43.3 Å². The van der Waals surface area contributed by atoms with Crippen LogP contribution in [-0.2, 0) is 23.6 Å². The number of nitrogens with one attached hydrogen (secondary N) is 1. The zero-order valence-corrected chi connectivity index (χ0v) is 15.2. The molecule has 3 rings (SSSR count). The first-order valence-corrected chi connectivity index (χ1v) is 9.38. The van der Waals surface area contributed by atoms with E-state index in [0.29, 0.717) is 5.56 Å². The quantitative estimate of drug-likeness (QED) is 0.671. The van der Waals surface area contributed by atoms with Gasteiger partial charge in [0.05, 0.1) is 10.6 Å². The van der Waals surface area contributed by atoms with Gasteiger partial charge in [0.15, 0.2) is 5.78 Å². The molecule has 0 fully saturated rings. The summed E-state index contributed by atoms with van der Waals surface area (Å²) in [6.45, 7) is 1.54. The van der Waals surface area contributed by atoms with Crippen molar-refractivity contribution in [1.82, 2.24) is 19.5 Å². The van der Waals surface area contributed by atoms with E-state index >= 15 is 0 Å². The van der Waals surface area contributed by atoms with Gasteiger partial charge in [-0.05, 0) is 36.8 Å². The number of ketones is 1. The molecule has 134 valence electrons. The molecule has 0 amide bonds. The fourth-order valence-electron chi connectivity index (χ4n) is 2.51. The van der Waals surface area contributed by atoms with E-state index in [1.54, 1.807) is 23.3 Å². The van der Waals surface area contributed by atoms with E-state index in [4.69, 9.17) is 0 Å². The van der Waals surface area contributed by atoms with E-state index in [-0.39, 0.29) is 17.2 Å². The molecular formula is C18H18N4O3S. The molecule has 0 bridgehead atoms. The van der Waals surface area contributed by atoms with Crippen LogP contribution in [0.3, 0.4) is 0 Å².